The molecule has 15 nitrogen and oxygen atoms in total. The highest BCUT2D eigenvalue weighted by molar-refractivity contribution is 5.95. The fourth-order valence-corrected chi connectivity index (χ4v) is 9.23. The molecule has 6 aliphatic rings. The Morgan fingerprint density at radius 3 is 2.35 bits per heavy atom. The number of hydroxylamine groups is 2. The number of hydrogen-bond donors (Lipinski definition) is 3. The second kappa shape index (κ2) is 16.3. The number of nitrogens with zero attached hydrogens (tertiary/aromatic N) is 2. The molecule has 7 atom stereocenters. The Bertz CT molecular complexity index is 2010. The van der Waals surface area contributed by atoms with E-state index in [0.717, 1.165) is 36.8 Å². The third kappa shape index (κ3) is 8.34. The van der Waals surface area contributed by atoms with Gasteiger partial charge in [0.25, 0.3) is 5.91 Å². The Hall–Kier alpha value is -4.67. The summed E-state index contributed by atoms with van der Waals surface area (Å²) in [5.74, 6) is -2.25. The van der Waals surface area contributed by atoms with Crippen LogP contribution in [0.25, 0.3) is 6.08 Å². The van der Waals surface area contributed by atoms with Crippen LogP contribution in [-0.4, -0.2) is 113 Å². The van der Waals surface area contributed by atoms with Gasteiger partial charge in [0.15, 0.2) is 11.8 Å². The zero-order valence-electron chi connectivity index (χ0n) is 34.9. The van der Waals surface area contributed by atoms with E-state index in [-0.39, 0.29) is 62.6 Å². The molecule has 0 unspecified atom stereocenters. The number of amides is 3. The smallest absolute Gasteiger partial charge is 0.327 e. The van der Waals surface area contributed by atoms with Gasteiger partial charge in [0, 0.05) is 57.0 Å². The SMILES string of the molecule is CN(C)C(=O)C=Cc1ccc(CN2O[C@@H]3[C@H]4OC(C5CC5)(C5CC5)O[C@H]4[C@H]4C[C@]3(C(=O)NCc3cccc(C(=O)N[C@H](CO)CCC(=O)OC(C)(C)C)c3)[C@@H]2C(=O)O4)cc1. The van der Waals surface area contributed by atoms with Gasteiger partial charge in [-0.15, -0.1) is 0 Å². The highest BCUT2D eigenvalue weighted by atomic mass is 16.8. The first-order valence-electron chi connectivity index (χ1n) is 21.1. The maximum absolute atomic E-state index is 14.9. The van der Waals surface area contributed by atoms with Gasteiger partial charge in [0.05, 0.1) is 19.2 Å². The lowest BCUT2D eigenvalue weighted by Gasteiger charge is -2.48. The molecule has 3 aliphatic heterocycles. The molecule has 15 heteroatoms. The average molecular weight is 829 g/mol. The number of fused-ring (bicyclic) bond motifs is 4. The average Bonchev–Trinajstić information content (AvgIpc) is 4.16. The predicted octanol–water partition coefficient (Wildman–Crippen LogP) is 3.42. The zero-order chi connectivity index (χ0) is 42.6. The van der Waals surface area contributed by atoms with Gasteiger partial charge in [-0.25, -0.2) is 0 Å². The molecular formula is C45H56N4O11. The van der Waals surface area contributed by atoms with Crippen LogP contribution < -0.4 is 10.6 Å². The Kier molecular flexibility index (Phi) is 11.4. The van der Waals surface area contributed by atoms with Crippen LogP contribution in [0.3, 0.4) is 0 Å². The molecule has 3 aliphatic carbocycles. The van der Waals surface area contributed by atoms with Gasteiger partial charge in [-0.2, -0.15) is 5.06 Å². The van der Waals surface area contributed by atoms with Crippen LogP contribution in [0.15, 0.2) is 54.6 Å². The number of rotatable bonds is 15. The number of likely N-dealkylation sites (N-methyl/N-ethyl adjacent to an activating group) is 1. The minimum Gasteiger partial charge on any atom is -0.460 e. The van der Waals surface area contributed by atoms with Gasteiger partial charge in [0.2, 0.25) is 11.8 Å². The van der Waals surface area contributed by atoms with Crippen molar-refractivity contribution in [1.82, 2.24) is 20.6 Å². The van der Waals surface area contributed by atoms with Crippen LogP contribution in [0.1, 0.15) is 92.8 Å². The number of hydrogen-bond acceptors (Lipinski definition) is 12. The second-order valence-electron chi connectivity index (χ2n) is 18.3. The first kappa shape index (κ1) is 42.0. The van der Waals surface area contributed by atoms with Crippen LogP contribution in [0.5, 0.6) is 0 Å². The van der Waals surface area contributed by atoms with E-state index in [1.807, 2.05) is 24.3 Å². The lowest BCUT2D eigenvalue weighted by molar-refractivity contribution is -0.235. The standard InChI is InChI=1S/C45H56N4O11/c1-43(2,3)57-35(52)20-18-32(25-50)47-40(53)29-8-6-7-28(21-29)23-46-42(55)44-22-33-36-37(59-45(58-36,30-14-15-30)31-16-17-31)39(44)60-49(38(44)41(54)56-33)24-27-11-9-26(10-12-27)13-19-34(51)48(4)5/h6-13,19,21,30-33,36-39,50H,14-18,20,22-25H2,1-5H3,(H,46,55)(H,47,53)/t32-,33+,36-,37-,38-,39+,44-/m0/s1. The first-order valence-corrected chi connectivity index (χ1v) is 21.1. The quantitative estimate of drug-likeness (QED) is 0.176. The molecule has 8 rings (SSSR count). The summed E-state index contributed by atoms with van der Waals surface area (Å²) in [4.78, 5) is 74.9. The van der Waals surface area contributed by atoms with E-state index in [9.17, 15) is 29.1 Å². The number of aliphatic hydroxyl groups excluding tert-OH is 1. The lowest BCUT2D eigenvalue weighted by Crippen LogP contribution is -2.69. The van der Waals surface area contributed by atoms with Crippen molar-refractivity contribution < 1.29 is 52.9 Å². The molecule has 3 N–H and O–H groups in total. The van der Waals surface area contributed by atoms with E-state index in [0.29, 0.717) is 11.1 Å². The number of benzene rings is 2. The van der Waals surface area contributed by atoms with Crippen molar-refractivity contribution in [2.45, 2.75) is 127 Å². The topological polar surface area (TPSA) is 182 Å². The van der Waals surface area contributed by atoms with Crippen molar-refractivity contribution in [2.24, 2.45) is 17.3 Å². The molecule has 3 saturated carbocycles. The molecule has 2 aromatic carbocycles. The maximum atomic E-state index is 14.9. The lowest BCUT2D eigenvalue weighted by atomic mass is 9.62. The maximum Gasteiger partial charge on any atom is 0.327 e. The number of esters is 2. The van der Waals surface area contributed by atoms with Gasteiger partial charge in [-0.1, -0.05) is 36.4 Å². The van der Waals surface area contributed by atoms with Gasteiger partial charge >= 0.3 is 11.9 Å². The molecular weight excluding hydrogens is 773 g/mol. The highest BCUT2D eigenvalue weighted by Crippen LogP contribution is 2.63. The Labute approximate surface area is 350 Å². The molecule has 2 bridgehead atoms. The second-order valence-corrected chi connectivity index (χ2v) is 18.3. The summed E-state index contributed by atoms with van der Waals surface area (Å²) in [6.07, 6.45) is 4.81. The van der Waals surface area contributed by atoms with Crippen molar-refractivity contribution in [3.8, 4) is 0 Å². The van der Waals surface area contributed by atoms with Crippen LogP contribution in [-0.2, 0) is 56.1 Å². The van der Waals surface area contributed by atoms with Crippen LogP contribution in [0, 0.1) is 17.3 Å². The van der Waals surface area contributed by atoms with E-state index in [4.69, 9.17) is 23.8 Å². The van der Waals surface area contributed by atoms with Crippen LogP contribution in [0.4, 0.5) is 0 Å². The number of ether oxygens (including phenoxy) is 4. The molecule has 322 valence electrons. The summed E-state index contributed by atoms with van der Waals surface area (Å²) in [6, 6.07) is 12.6. The molecule has 3 saturated heterocycles. The molecule has 0 aromatic heterocycles. The fraction of sp³-hybridized carbons (Fsp3) is 0.578. The minimum atomic E-state index is -1.37. The third-order valence-electron chi connectivity index (χ3n) is 12.4. The fourth-order valence-electron chi connectivity index (χ4n) is 9.23. The number of carbonyl (C=O) groups is 5. The predicted molar refractivity (Wildman–Crippen MR) is 215 cm³/mol. The molecule has 3 amide bonds. The Morgan fingerprint density at radius 1 is 1.00 bits per heavy atom. The summed E-state index contributed by atoms with van der Waals surface area (Å²) in [7, 11) is 3.37. The van der Waals surface area contributed by atoms with Gasteiger partial charge in [-0.3, -0.25) is 28.8 Å². The van der Waals surface area contributed by atoms with Crippen molar-refractivity contribution in [2.75, 3.05) is 20.7 Å². The third-order valence-corrected chi connectivity index (χ3v) is 12.4. The number of aliphatic hydroxyl groups is 1. The summed E-state index contributed by atoms with van der Waals surface area (Å²) < 4.78 is 25.3. The van der Waals surface area contributed by atoms with E-state index >= 15 is 0 Å². The first-order chi connectivity index (χ1) is 28.6. The van der Waals surface area contributed by atoms with Crippen molar-refractivity contribution in [3.63, 3.8) is 0 Å². The summed E-state index contributed by atoms with van der Waals surface area (Å²) >= 11 is 0. The van der Waals surface area contributed by atoms with E-state index in [1.54, 1.807) is 70.3 Å². The van der Waals surface area contributed by atoms with Gasteiger partial charge in [-0.05, 0) is 87.8 Å². The largest absolute Gasteiger partial charge is 0.460 e. The van der Waals surface area contributed by atoms with Crippen molar-refractivity contribution in [3.05, 3.63) is 76.9 Å². The van der Waals surface area contributed by atoms with Crippen molar-refractivity contribution >= 4 is 35.7 Å². The normalized spacial score (nSPS) is 28.4. The summed E-state index contributed by atoms with van der Waals surface area (Å²) in [5.41, 5.74) is 0.578. The van der Waals surface area contributed by atoms with E-state index in [1.165, 1.54) is 11.0 Å². The van der Waals surface area contributed by atoms with Crippen LogP contribution in [0.2, 0.25) is 0 Å². The monoisotopic (exact) mass is 828 g/mol. The zero-order valence-corrected chi connectivity index (χ0v) is 34.9. The van der Waals surface area contributed by atoms with Gasteiger partial charge in [0.1, 0.15) is 35.4 Å². The van der Waals surface area contributed by atoms with E-state index in [2.05, 4.69) is 10.6 Å². The van der Waals surface area contributed by atoms with Gasteiger partial charge < -0.3 is 39.6 Å². The molecule has 0 radical (unpaired) electrons. The highest BCUT2D eigenvalue weighted by Gasteiger charge is 2.78. The van der Waals surface area contributed by atoms with Crippen molar-refractivity contribution in [1.29, 1.82) is 0 Å². The Morgan fingerprint density at radius 2 is 1.70 bits per heavy atom. The number of carbonyl (C=O) groups excluding carboxylic acids is 5. The van der Waals surface area contributed by atoms with E-state index < -0.39 is 71.1 Å². The molecule has 2 aromatic rings. The number of nitrogens with one attached hydrogen (secondary N) is 2. The molecule has 3 heterocycles. The summed E-state index contributed by atoms with van der Waals surface area (Å²) in [6.45, 7) is 5.18. The summed E-state index contributed by atoms with van der Waals surface area (Å²) in [5, 5.41) is 17.4. The van der Waals surface area contributed by atoms with Crippen LogP contribution >= 0.6 is 0 Å². The Balaban J connectivity index is 1.00. The molecule has 6 fully saturated rings. The minimum absolute atomic E-state index is 0.0272. The molecule has 0 spiro atoms. The molecule has 60 heavy (non-hydrogen) atoms.